The van der Waals surface area contributed by atoms with Crippen LogP contribution in [-0.2, 0) is 4.74 Å². The number of rotatable bonds is 3. The predicted molar refractivity (Wildman–Crippen MR) is 110 cm³/mol. The van der Waals surface area contributed by atoms with E-state index in [-0.39, 0.29) is 50.8 Å². The molecule has 3 aromatic carbocycles. The molecule has 1 aliphatic rings. The minimum atomic E-state index is -1.69. The molecule has 0 aromatic heterocycles. The van der Waals surface area contributed by atoms with Gasteiger partial charge >= 0.3 is 5.97 Å². The minimum Gasteiger partial charge on any atom is -0.508 e. The number of Topliss-reactive ketones (excluding diaryl/α,β-unsaturated/α-hetero) is 1. The highest BCUT2D eigenvalue weighted by Crippen LogP contribution is 2.44. The zero-order valence-corrected chi connectivity index (χ0v) is 16.6. The van der Waals surface area contributed by atoms with E-state index < -0.39 is 29.7 Å². The molecule has 2 atom stereocenters. The second kappa shape index (κ2) is 7.78. The summed E-state index contributed by atoms with van der Waals surface area (Å²) in [6, 6.07) is 10.1. The van der Waals surface area contributed by atoms with Crippen LogP contribution in [-0.4, -0.2) is 50.5 Å². The van der Waals surface area contributed by atoms with Crippen molar-refractivity contribution in [1.82, 2.24) is 0 Å². The summed E-state index contributed by atoms with van der Waals surface area (Å²) in [6.45, 7) is 0. The average Bonchev–Trinajstić information content (AvgIpc) is 2.76. The SMILES string of the molecule is COC(=O)c1ccc(O)c(-c2cc(C3Oc4cc(O)cc(O)c4C(=O)C3O)ccc2O)c1. The summed E-state index contributed by atoms with van der Waals surface area (Å²) in [6.07, 6.45) is -2.92. The van der Waals surface area contributed by atoms with E-state index in [9.17, 15) is 35.1 Å². The largest absolute Gasteiger partial charge is 0.508 e. The number of phenolic OH excluding ortho intramolecular Hbond substituents is 4. The van der Waals surface area contributed by atoms with Gasteiger partial charge in [-0.1, -0.05) is 6.07 Å². The number of aromatic hydroxyl groups is 4. The van der Waals surface area contributed by atoms with Gasteiger partial charge in [0.15, 0.2) is 12.2 Å². The molecule has 5 N–H and O–H groups in total. The van der Waals surface area contributed by atoms with Crippen LogP contribution in [0.4, 0.5) is 0 Å². The first kappa shape index (κ1) is 21.0. The highest BCUT2D eigenvalue weighted by Gasteiger charge is 2.39. The van der Waals surface area contributed by atoms with Gasteiger partial charge in [-0.25, -0.2) is 4.79 Å². The number of ketones is 1. The van der Waals surface area contributed by atoms with Crippen molar-refractivity contribution in [3.05, 3.63) is 65.2 Å². The first-order chi connectivity index (χ1) is 15.2. The maximum Gasteiger partial charge on any atom is 0.337 e. The number of fused-ring (bicyclic) bond motifs is 1. The molecule has 1 heterocycles. The highest BCUT2D eigenvalue weighted by molar-refractivity contribution is 6.05. The van der Waals surface area contributed by atoms with E-state index in [1.807, 2.05) is 0 Å². The van der Waals surface area contributed by atoms with Gasteiger partial charge in [-0.05, 0) is 35.9 Å². The summed E-state index contributed by atoms with van der Waals surface area (Å²) >= 11 is 0. The number of phenols is 4. The lowest BCUT2D eigenvalue weighted by Crippen LogP contribution is -2.36. The van der Waals surface area contributed by atoms with E-state index in [4.69, 9.17) is 4.74 Å². The van der Waals surface area contributed by atoms with Crippen molar-refractivity contribution in [1.29, 1.82) is 0 Å². The molecule has 0 amide bonds. The van der Waals surface area contributed by atoms with Crippen LogP contribution < -0.4 is 4.74 Å². The van der Waals surface area contributed by atoms with E-state index in [1.165, 1.54) is 43.5 Å². The molecule has 1 aliphatic heterocycles. The van der Waals surface area contributed by atoms with Crippen molar-refractivity contribution in [2.45, 2.75) is 12.2 Å². The molecular weight excluding hydrogens is 420 g/mol. The normalized spacial score (nSPS) is 17.4. The highest BCUT2D eigenvalue weighted by atomic mass is 16.5. The van der Waals surface area contributed by atoms with Crippen LogP contribution in [0.2, 0.25) is 0 Å². The zero-order chi connectivity index (χ0) is 23.2. The smallest absolute Gasteiger partial charge is 0.337 e. The number of carbonyl (C=O) groups excluding carboxylic acids is 2. The molecule has 9 heteroatoms. The lowest BCUT2D eigenvalue weighted by atomic mass is 9.90. The lowest BCUT2D eigenvalue weighted by molar-refractivity contribution is 0.0211. The van der Waals surface area contributed by atoms with Gasteiger partial charge < -0.3 is 35.0 Å². The van der Waals surface area contributed by atoms with E-state index in [0.29, 0.717) is 0 Å². The van der Waals surface area contributed by atoms with Gasteiger partial charge in [-0.2, -0.15) is 0 Å². The van der Waals surface area contributed by atoms with Crippen LogP contribution in [0.25, 0.3) is 11.1 Å². The fourth-order valence-electron chi connectivity index (χ4n) is 3.61. The van der Waals surface area contributed by atoms with Crippen LogP contribution >= 0.6 is 0 Å². The molecule has 2 unspecified atom stereocenters. The van der Waals surface area contributed by atoms with Crippen molar-refractivity contribution >= 4 is 11.8 Å². The Morgan fingerprint density at radius 3 is 2.25 bits per heavy atom. The maximum absolute atomic E-state index is 12.6. The van der Waals surface area contributed by atoms with Crippen LogP contribution in [0.5, 0.6) is 28.7 Å². The third-order valence-corrected chi connectivity index (χ3v) is 5.18. The summed E-state index contributed by atoms with van der Waals surface area (Å²) in [5, 5.41) is 50.9. The Bertz CT molecular complexity index is 1250. The quantitative estimate of drug-likeness (QED) is 0.388. The van der Waals surface area contributed by atoms with Crippen molar-refractivity contribution in [3.63, 3.8) is 0 Å². The van der Waals surface area contributed by atoms with Crippen LogP contribution in [0.15, 0.2) is 48.5 Å². The molecule has 4 rings (SSSR count). The lowest BCUT2D eigenvalue weighted by Gasteiger charge is -2.30. The summed E-state index contributed by atoms with van der Waals surface area (Å²) in [5.74, 6) is -2.90. The zero-order valence-electron chi connectivity index (χ0n) is 16.6. The van der Waals surface area contributed by atoms with Gasteiger partial charge in [0.05, 0.1) is 12.7 Å². The Kier molecular flexibility index (Phi) is 5.11. The fourth-order valence-corrected chi connectivity index (χ4v) is 3.61. The molecule has 0 fully saturated rings. The minimum absolute atomic E-state index is 0.110. The maximum atomic E-state index is 12.6. The third kappa shape index (κ3) is 3.44. The second-order valence-electron chi connectivity index (χ2n) is 7.19. The molecular formula is C23H18O9. The number of ether oxygens (including phenoxy) is 2. The Balaban J connectivity index is 1.80. The Labute approximate surface area is 181 Å². The Morgan fingerprint density at radius 1 is 0.906 bits per heavy atom. The van der Waals surface area contributed by atoms with Crippen LogP contribution in [0, 0.1) is 0 Å². The van der Waals surface area contributed by atoms with Crippen molar-refractivity contribution in [2.24, 2.45) is 0 Å². The number of benzene rings is 3. The van der Waals surface area contributed by atoms with E-state index in [1.54, 1.807) is 0 Å². The summed E-state index contributed by atoms with van der Waals surface area (Å²) in [5.41, 5.74) is 0.358. The Hall–Kier alpha value is -4.24. The summed E-state index contributed by atoms with van der Waals surface area (Å²) in [7, 11) is 1.21. The van der Waals surface area contributed by atoms with Crippen LogP contribution in [0.1, 0.15) is 32.4 Å². The van der Waals surface area contributed by atoms with E-state index in [0.717, 1.165) is 12.1 Å². The van der Waals surface area contributed by atoms with Crippen LogP contribution in [0.3, 0.4) is 0 Å². The van der Waals surface area contributed by atoms with Gasteiger partial charge in [0.25, 0.3) is 0 Å². The van der Waals surface area contributed by atoms with Gasteiger partial charge in [-0.15, -0.1) is 0 Å². The van der Waals surface area contributed by atoms with E-state index in [2.05, 4.69) is 4.74 Å². The monoisotopic (exact) mass is 438 g/mol. The summed E-state index contributed by atoms with van der Waals surface area (Å²) in [4.78, 5) is 24.5. The van der Waals surface area contributed by atoms with Gasteiger partial charge in [0.1, 0.15) is 34.3 Å². The third-order valence-electron chi connectivity index (χ3n) is 5.18. The first-order valence-corrected chi connectivity index (χ1v) is 9.40. The Morgan fingerprint density at radius 2 is 1.56 bits per heavy atom. The van der Waals surface area contributed by atoms with Gasteiger partial charge in [0, 0.05) is 23.3 Å². The number of carbonyl (C=O) groups is 2. The summed E-state index contributed by atoms with van der Waals surface area (Å²) < 4.78 is 10.4. The number of esters is 1. The fraction of sp³-hybridized carbons (Fsp3) is 0.130. The predicted octanol–water partition coefficient (Wildman–Crippen LogP) is 2.64. The number of hydrogen-bond donors (Lipinski definition) is 5. The average molecular weight is 438 g/mol. The molecule has 3 aromatic rings. The molecule has 0 spiro atoms. The standard InChI is InChI=1S/C23H18O9/c1-31-23(30)11-3-5-16(26)14(7-11)13-6-10(2-4-15(13)25)22-21(29)20(28)19-17(27)8-12(24)9-18(19)32-22/h2-9,21-22,24-27,29H,1H3. The molecule has 164 valence electrons. The number of methoxy groups -OCH3 is 1. The number of aliphatic hydroxyl groups excluding tert-OH is 1. The van der Waals surface area contributed by atoms with Gasteiger partial charge in [-0.3, -0.25) is 4.79 Å². The topological polar surface area (TPSA) is 154 Å². The number of hydrogen-bond acceptors (Lipinski definition) is 9. The van der Waals surface area contributed by atoms with Crippen molar-refractivity contribution < 1.29 is 44.6 Å². The molecule has 0 saturated carbocycles. The molecule has 0 aliphatic carbocycles. The molecule has 9 nitrogen and oxygen atoms in total. The second-order valence-corrected chi connectivity index (χ2v) is 7.19. The van der Waals surface area contributed by atoms with Crippen molar-refractivity contribution in [3.8, 4) is 39.9 Å². The van der Waals surface area contributed by atoms with Crippen molar-refractivity contribution in [2.75, 3.05) is 7.11 Å². The van der Waals surface area contributed by atoms with E-state index >= 15 is 0 Å². The molecule has 0 bridgehead atoms. The van der Waals surface area contributed by atoms with Gasteiger partial charge in [0.2, 0.25) is 5.78 Å². The molecule has 32 heavy (non-hydrogen) atoms. The first-order valence-electron chi connectivity index (χ1n) is 9.40. The number of aliphatic hydroxyl groups is 1. The molecule has 0 radical (unpaired) electrons. The molecule has 0 saturated heterocycles.